The summed E-state index contributed by atoms with van der Waals surface area (Å²) in [7, 11) is 0. The molecule has 0 aliphatic rings. The third-order valence-corrected chi connectivity index (χ3v) is 2.66. The van der Waals surface area contributed by atoms with Crippen LogP contribution in [0.3, 0.4) is 0 Å². The van der Waals surface area contributed by atoms with Gasteiger partial charge in [-0.15, -0.1) is 0 Å². The van der Waals surface area contributed by atoms with E-state index in [-0.39, 0.29) is 5.41 Å². The second kappa shape index (κ2) is 4.40. The number of rotatable bonds is 3. The Balaban J connectivity index is 3.04. The maximum absolute atomic E-state index is 5.60. The average Bonchev–Trinajstić information content (AvgIpc) is 2.39. The zero-order chi connectivity index (χ0) is 11.6. The van der Waals surface area contributed by atoms with Crippen molar-refractivity contribution in [3.8, 4) is 0 Å². The summed E-state index contributed by atoms with van der Waals surface area (Å²) in [5.74, 6) is 2.03. The molecule has 0 saturated heterocycles. The van der Waals surface area contributed by atoms with Crippen molar-refractivity contribution in [3.63, 3.8) is 0 Å². The van der Waals surface area contributed by atoms with Crippen LogP contribution in [-0.2, 0) is 0 Å². The molecule has 1 atom stereocenters. The number of hydrogen-bond acceptors (Lipinski definition) is 2. The minimum absolute atomic E-state index is 0.205. The zero-order valence-electron chi connectivity index (χ0n) is 10.8. The first-order chi connectivity index (χ1) is 6.86. The minimum Gasteiger partial charge on any atom is -0.466 e. The normalized spacial score (nSPS) is 14.3. The molecule has 1 aromatic heterocycles. The van der Waals surface area contributed by atoms with Crippen molar-refractivity contribution in [2.24, 2.45) is 5.41 Å². The Kier molecular flexibility index (Phi) is 3.61. The van der Waals surface area contributed by atoms with Crippen molar-refractivity contribution in [2.45, 2.75) is 47.6 Å². The summed E-state index contributed by atoms with van der Waals surface area (Å²) in [6, 6.07) is 2.51. The molecule has 1 unspecified atom stereocenters. The fourth-order valence-corrected chi connectivity index (χ4v) is 2.02. The summed E-state index contributed by atoms with van der Waals surface area (Å²) in [4.78, 5) is 0. The van der Waals surface area contributed by atoms with Crippen LogP contribution in [-0.4, -0.2) is 6.54 Å². The SMILES string of the molecule is CCNC(c1cc(C)oc1C)C(C)(C)C. The van der Waals surface area contributed by atoms with E-state index in [1.165, 1.54) is 5.56 Å². The van der Waals surface area contributed by atoms with Gasteiger partial charge in [0.2, 0.25) is 0 Å². The van der Waals surface area contributed by atoms with Crippen LogP contribution in [0.2, 0.25) is 0 Å². The predicted molar refractivity (Wildman–Crippen MR) is 64.1 cm³/mol. The van der Waals surface area contributed by atoms with E-state index in [4.69, 9.17) is 4.42 Å². The molecule has 1 N–H and O–H groups in total. The molecule has 2 nitrogen and oxygen atoms in total. The van der Waals surface area contributed by atoms with Gasteiger partial charge in [-0.1, -0.05) is 27.7 Å². The molecule has 0 amide bonds. The third-order valence-electron chi connectivity index (χ3n) is 2.66. The summed E-state index contributed by atoms with van der Waals surface area (Å²) in [5, 5.41) is 3.53. The van der Waals surface area contributed by atoms with E-state index in [0.717, 1.165) is 18.1 Å². The molecule has 15 heavy (non-hydrogen) atoms. The van der Waals surface area contributed by atoms with Crippen molar-refractivity contribution in [2.75, 3.05) is 6.54 Å². The highest BCUT2D eigenvalue weighted by Gasteiger charge is 2.28. The third kappa shape index (κ3) is 2.85. The van der Waals surface area contributed by atoms with Crippen molar-refractivity contribution >= 4 is 0 Å². The fourth-order valence-electron chi connectivity index (χ4n) is 2.02. The first kappa shape index (κ1) is 12.3. The van der Waals surface area contributed by atoms with Crippen LogP contribution in [0.15, 0.2) is 10.5 Å². The maximum atomic E-state index is 5.60. The summed E-state index contributed by atoms with van der Waals surface area (Å²) in [5.41, 5.74) is 1.50. The van der Waals surface area contributed by atoms with E-state index >= 15 is 0 Å². The van der Waals surface area contributed by atoms with E-state index in [1.807, 2.05) is 13.8 Å². The van der Waals surface area contributed by atoms with Crippen LogP contribution in [0.1, 0.15) is 50.8 Å². The Morgan fingerprint density at radius 3 is 2.27 bits per heavy atom. The van der Waals surface area contributed by atoms with Crippen LogP contribution < -0.4 is 5.32 Å². The topological polar surface area (TPSA) is 25.2 Å². The molecule has 0 aliphatic carbocycles. The second-order valence-corrected chi connectivity index (χ2v) is 5.23. The Hall–Kier alpha value is -0.760. The van der Waals surface area contributed by atoms with Gasteiger partial charge in [0.15, 0.2) is 0 Å². The largest absolute Gasteiger partial charge is 0.466 e. The lowest BCUT2D eigenvalue weighted by Crippen LogP contribution is -2.32. The lowest BCUT2D eigenvalue weighted by molar-refractivity contribution is 0.273. The standard InChI is InChI=1S/C13H23NO/c1-7-14-12(13(4,5)6)11-8-9(2)15-10(11)3/h8,12,14H,7H2,1-6H3. The minimum atomic E-state index is 0.205. The Morgan fingerprint density at radius 1 is 1.33 bits per heavy atom. The van der Waals surface area contributed by atoms with E-state index in [9.17, 15) is 0 Å². The van der Waals surface area contributed by atoms with Crippen LogP contribution in [0.25, 0.3) is 0 Å². The Bertz CT molecular complexity index is 320. The summed E-state index contributed by atoms with van der Waals surface area (Å²) < 4.78 is 5.60. The molecular weight excluding hydrogens is 186 g/mol. The highest BCUT2D eigenvalue weighted by Crippen LogP contribution is 2.35. The maximum Gasteiger partial charge on any atom is 0.105 e. The summed E-state index contributed by atoms with van der Waals surface area (Å²) in [6.45, 7) is 13.9. The smallest absolute Gasteiger partial charge is 0.105 e. The highest BCUT2D eigenvalue weighted by atomic mass is 16.3. The van der Waals surface area contributed by atoms with E-state index < -0.39 is 0 Å². The molecule has 2 heteroatoms. The van der Waals surface area contributed by atoms with E-state index in [2.05, 4.69) is 39.1 Å². The van der Waals surface area contributed by atoms with Gasteiger partial charge in [0.25, 0.3) is 0 Å². The van der Waals surface area contributed by atoms with Gasteiger partial charge in [-0.2, -0.15) is 0 Å². The van der Waals surface area contributed by atoms with Gasteiger partial charge in [0.05, 0.1) is 0 Å². The Morgan fingerprint density at radius 2 is 1.93 bits per heavy atom. The molecule has 0 fully saturated rings. The molecule has 1 heterocycles. The molecular formula is C13H23NO. The molecule has 0 bridgehead atoms. The van der Waals surface area contributed by atoms with Crippen LogP contribution >= 0.6 is 0 Å². The van der Waals surface area contributed by atoms with Crippen molar-refractivity contribution < 1.29 is 4.42 Å². The van der Waals surface area contributed by atoms with Gasteiger partial charge in [0.1, 0.15) is 11.5 Å². The molecule has 1 aromatic rings. The van der Waals surface area contributed by atoms with Crippen LogP contribution in [0.5, 0.6) is 0 Å². The lowest BCUT2D eigenvalue weighted by atomic mass is 9.82. The van der Waals surface area contributed by atoms with Crippen LogP contribution in [0, 0.1) is 19.3 Å². The quantitative estimate of drug-likeness (QED) is 0.823. The number of aryl methyl sites for hydroxylation is 2. The van der Waals surface area contributed by atoms with Gasteiger partial charge in [-0.25, -0.2) is 0 Å². The fraction of sp³-hybridized carbons (Fsp3) is 0.692. The predicted octanol–water partition coefficient (Wildman–Crippen LogP) is 3.59. The zero-order valence-corrected chi connectivity index (χ0v) is 10.8. The highest BCUT2D eigenvalue weighted by molar-refractivity contribution is 5.25. The molecule has 86 valence electrons. The molecule has 0 aliphatic heterocycles. The van der Waals surface area contributed by atoms with Gasteiger partial charge in [-0.05, 0) is 31.9 Å². The molecule has 1 rings (SSSR count). The van der Waals surface area contributed by atoms with Crippen LogP contribution in [0.4, 0.5) is 0 Å². The number of hydrogen-bond donors (Lipinski definition) is 1. The van der Waals surface area contributed by atoms with Crippen molar-refractivity contribution in [3.05, 3.63) is 23.2 Å². The molecule has 0 radical (unpaired) electrons. The summed E-state index contributed by atoms with van der Waals surface area (Å²) in [6.07, 6.45) is 0. The molecule has 0 spiro atoms. The molecule has 0 aromatic carbocycles. The van der Waals surface area contributed by atoms with Gasteiger partial charge in [0, 0.05) is 11.6 Å². The lowest BCUT2D eigenvalue weighted by Gasteiger charge is -2.31. The van der Waals surface area contributed by atoms with Gasteiger partial charge in [-0.3, -0.25) is 0 Å². The van der Waals surface area contributed by atoms with E-state index in [1.54, 1.807) is 0 Å². The van der Waals surface area contributed by atoms with Gasteiger partial charge < -0.3 is 9.73 Å². The Labute approximate surface area is 93.1 Å². The first-order valence-electron chi connectivity index (χ1n) is 5.66. The second-order valence-electron chi connectivity index (χ2n) is 5.23. The van der Waals surface area contributed by atoms with Crippen molar-refractivity contribution in [1.29, 1.82) is 0 Å². The van der Waals surface area contributed by atoms with Gasteiger partial charge >= 0.3 is 0 Å². The van der Waals surface area contributed by atoms with Crippen molar-refractivity contribution in [1.82, 2.24) is 5.32 Å². The number of furan rings is 1. The molecule has 0 saturated carbocycles. The summed E-state index contributed by atoms with van der Waals surface area (Å²) >= 11 is 0. The van der Waals surface area contributed by atoms with E-state index in [0.29, 0.717) is 6.04 Å². The first-order valence-corrected chi connectivity index (χ1v) is 5.66. The monoisotopic (exact) mass is 209 g/mol. The number of nitrogens with one attached hydrogen (secondary N) is 1. The average molecular weight is 209 g/mol.